The topological polar surface area (TPSA) is 40.5 Å². The maximum absolute atomic E-state index is 4.83. The Balaban J connectivity index is 0.00000242. The third-order valence-corrected chi connectivity index (χ3v) is 5.02. The van der Waals surface area contributed by atoms with Crippen molar-refractivity contribution in [2.24, 2.45) is 10.9 Å². The Morgan fingerprint density at radius 2 is 2.23 bits per heavy atom. The molecular weight excluding hydrogens is 407 g/mol. The van der Waals surface area contributed by atoms with E-state index in [0.717, 1.165) is 49.5 Å². The van der Waals surface area contributed by atoms with Gasteiger partial charge in [0.2, 0.25) is 0 Å². The van der Waals surface area contributed by atoms with Crippen LogP contribution in [0.1, 0.15) is 42.3 Å². The van der Waals surface area contributed by atoms with Crippen LogP contribution >= 0.6 is 35.3 Å². The third-order valence-electron chi connectivity index (χ3n) is 3.89. The van der Waals surface area contributed by atoms with Crippen LogP contribution in [0, 0.1) is 19.8 Å². The number of guanidine groups is 1. The average Bonchev–Trinajstić information content (AvgIpc) is 2.76. The molecule has 1 fully saturated rings. The fourth-order valence-corrected chi connectivity index (χ4v) is 3.80. The standard InChI is InChI=1S/C16H28N4S.HI/c1-5-17-16(20-10-6-7-12(2)11-20)18-9-8-15-13(3)19-14(4)21-15;/h12H,5-11H2,1-4H3,(H,17,18);1H. The van der Waals surface area contributed by atoms with Crippen molar-refractivity contribution in [3.05, 3.63) is 15.6 Å². The van der Waals surface area contributed by atoms with Crippen LogP contribution in [0.15, 0.2) is 4.99 Å². The first-order valence-corrected chi connectivity index (χ1v) is 8.88. The predicted octanol–water partition coefficient (Wildman–Crippen LogP) is 3.62. The van der Waals surface area contributed by atoms with Crippen molar-refractivity contribution in [1.29, 1.82) is 0 Å². The van der Waals surface area contributed by atoms with Gasteiger partial charge < -0.3 is 10.2 Å². The van der Waals surface area contributed by atoms with Crippen LogP contribution in [0.4, 0.5) is 0 Å². The summed E-state index contributed by atoms with van der Waals surface area (Å²) in [6.45, 7) is 12.7. The molecule has 0 bridgehead atoms. The van der Waals surface area contributed by atoms with Crippen molar-refractivity contribution in [2.75, 3.05) is 26.2 Å². The summed E-state index contributed by atoms with van der Waals surface area (Å²) in [5, 5.41) is 4.60. The van der Waals surface area contributed by atoms with Crippen molar-refractivity contribution in [2.45, 2.75) is 47.0 Å². The van der Waals surface area contributed by atoms with Crippen LogP contribution in [-0.4, -0.2) is 42.0 Å². The molecule has 6 heteroatoms. The van der Waals surface area contributed by atoms with Crippen LogP contribution in [0.2, 0.25) is 0 Å². The first-order chi connectivity index (χ1) is 10.1. The minimum Gasteiger partial charge on any atom is -0.357 e. The normalized spacial score (nSPS) is 19.0. The van der Waals surface area contributed by atoms with Gasteiger partial charge >= 0.3 is 0 Å². The van der Waals surface area contributed by atoms with Gasteiger partial charge in [-0.25, -0.2) is 4.98 Å². The summed E-state index contributed by atoms with van der Waals surface area (Å²) in [6.07, 6.45) is 3.61. The SMILES string of the molecule is CCNC(=NCCc1sc(C)nc1C)N1CCCC(C)C1.I. The van der Waals surface area contributed by atoms with E-state index in [9.17, 15) is 0 Å². The van der Waals surface area contributed by atoms with E-state index in [0.29, 0.717) is 0 Å². The van der Waals surface area contributed by atoms with Crippen molar-refractivity contribution in [3.63, 3.8) is 0 Å². The van der Waals surface area contributed by atoms with Gasteiger partial charge in [0.15, 0.2) is 5.96 Å². The summed E-state index contributed by atoms with van der Waals surface area (Å²) in [7, 11) is 0. The van der Waals surface area contributed by atoms with E-state index in [1.54, 1.807) is 11.3 Å². The summed E-state index contributed by atoms with van der Waals surface area (Å²) in [5.74, 6) is 1.86. The van der Waals surface area contributed by atoms with Crippen LogP contribution < -0.4 is 5.32 Å². The molecule has 2 rings (SSSR count). The number of hydrogen-bond acceptors (Lipinski definition) is 3. The Hall–Kier alpha value is -0.370. The molecule has 1 N–H and O–H groups in total. The zero-order valence-corrected chi connectivity index (χ0v) is 17.3. The smallest absolute Gasteiger partial charge is 0.193 e. The Kier molecular flexibility index (Phi) is 8.67. The van der Waals surface area contributed by atoms with Crippen molar-refractivity contribution < 1.29 is 0 Å². The first kappa shape index (κ1) is 19.7. The molecule has 1 aromatic heterocycles. The Bertz CT molecular complexity index is 486. The molecule has 0 radical (unpaired) electrons. The van der Waals surface area contributed by atoms with Gasteiger partial charge in [-0.2, -0.15) is 0 Å². The largest absolute Gasteiger partial charge is 0.357 e. The molecule has 0 saturated carbocycles. The second-order valence-electron chi connectivity index (χ2n) is 5.92. The summed E-state index contributed by atoms with van der Waals surface area (Å²) in [5.41, 5.74) is 1.17. The van der Waals surface area contributed by atoms with Gasteiger partial charge in [0.1, 0.15) is 0 Å². The number of nitrogens with one attached hydrogen (secondary N) is 1. The Labute approximate surface area is 155 Å². The van der Waals surface area contributed by atoms with Crippen molar-refractivity contribution >= 4 is 41.3 Å². The van der Waals surface area contributed by atoms with Gasteiger partial charge in [0, 0.05) is 37.5 Å². The zero-order chi connectivity index (χ0) is 15.2. The second kappa shape index (κ2) is 9.70. The third kappa shape index (κ3) is 5.68. The maximum Gasteiger partial charge on any atom is 0.193 e. The highest BCUT2D eigenvalue weighted by Gasteiger charge is 2.19. The number of aromatic nitrogens is 1. The van der Waals surface area contributed by atoms with Crippen LogP contribution in [0.3, 0.4) is 0 Å². The minimum absolute atomic E-state index is 0. The van der Waals surface area contributed by atoms with E-state index in [4.69, 9.17) is 4.99 Å². The molecule has 1 atom stereocenters. The van der Waals surface area contributed by atoms with Gasteiger partial charge in [-0.05, 0) is 39.5 Å². The highest BCUT2D eigenvalue weighted by Crippen LogP contribution is 2.18. The average molecular weight is 436 g/mol. The molecule has 4 nitrogen and oxygen atoms in total. The molecule has 0 amide bonds. The van der Waals surface area contributed by atoms with E-state index in [1.807, 2.05) is 0 Å². The summed E-state index contributed by atoms with van der Waals surface area (Å²) >= 11 is 1.80. The lowest BCUT2D eigenvalue weighted by atomic mass is 10.0. The van der Waals surface area contributed by atoms with Crippen LogP contribution in [0.5, 0.6) is 0 Å². The molecule has 126 valence electrons. The number of nitrogens with zero attached hydrogens (tertiary/aromatic N) is 3. The fourth-order valence-electron chi connectivity index (χ4n) is 2.88. The van der Waals surface area contributed by atoms with Gasteiger partial charge in [-0.15, -0.1) is 35.3 Å². The van der Waals surface area contributed by atoms with Gasteiger partial charge in [0.25, 0.3) is 0 Å². The maximum atomic E-state index is 4.83. The van der Waals surface area contributed by atoms with E-state index >= 15 is 0 Å². The number of aryl methyl sites for hydroxylation is 2. The number of hydrogen-bond donors (Lipinski definition) is 1. The molecule has 22 heavy (non-hydrogen) atoms. The molecule has 1 aromatic rings. The minimum atomic E-state index is 0. The van der Waals surface area contributed by atoms with E-state index in [2.05, 4.69) is 42.9 Å². The molecule has 2 heterocycles. The monoisotopic (exact) mass is 436 g/mol. The molecule has 0 spiro atoms. The molecule has 1 aliphatic rings. The Morgan fingerprint density at radius 3 is 2.82 bits per heavy atom. The summed E-state index contributed by atoms with van der Waals surface area (Å²) in [4.78, 5) is 13.1. The molecule has 1 aliphatic heterocycles. The Morgan fingerprint density at radius 1 is 1.45 bits per heavy atom. The van der Waals surface area contributed by atoms with Crippen molar-refractivity contribution in [1.82, 2.24) is 15.2 Å². The number of piperidine rings is 1. The lowest BCUT2D eigenvalue weighted by Crippen LogP contribution is -2.46. The van der Waals surface area contributed by atoms with E-state index < -0.39 is 0 Å². The summed E-state index contributed by atoms with van der Waals surface area (Å²) < 4.78 is 0. The molecule has 0 aromatic carbocycles. The van der Waals surface area contributed by atoms with E-state index in [1.165, 1.54) is 23.4 Å². The predicted molar refractivity (Wildman–Crippen MR) is 107 cm³/mol. The lowest BCUT2D eigenvalue weighted by Gasteiger charge is -2.33. The second-order valence-corrected chi connectivity index (χ2v) is 7.21. The van der Waals surface area contributed by atoms with Gasteiger partial charge in [0.05, 0.1) is 10.7 Å². The summed E-state index contributed by atoms with van der Waals surface area (Å²) in [6, 6.07) is 0. The van der Waals surface area contributed by atoms with Crippen molar-refractivity contribution in [3.8, 4) is 0 Å². The number of halogens is 1. The highest BCUT2D eigenvalue weighted by molar-refractivity contribution is 14.0. The highest BCUT2D eigenvalue weighted by atomic mass is 127. The molecule has 1 saturated heterocycles. The quantitative estimate of drug-likeness (QED) is 0.445. The molecular formula is C16H29IN4S. The van der Waals surface area contributed by atoms with Crippen LogP contribution in [0.25, 0.3) is 0 Å². The fraction of sp³-hybridized carbons (Fsp3) is 0.750. The number of aliphatic imine (C=N–C) groups is 1. The number of thiazole rings is 1. The van der Waals surface area contributed by atoms with E-state index in [-0.39, 0.29) is 24.0 Å². The van der Waals surface area contributed by atoms with Crippen LogP contribution in [-0.2, 0) is 6.42 Å². The lowest BCUT2D eigenvalue weighted by molar-refractivity contribution is 0.266. The van der Waals surface area contributed by atoms with Gasteiger partial charge in [-0.3, -0.25) is 4.99 Å². The zero-order valence-electron chi connectivity index (χ0n) is 14.2. The number of rotatable bonds is 4. The first-order valence-electron chi connectivity index (χ1n) is 8.06. The molecule has 0 aliphatic carbocycles. The van der Waals surface area contributed by atoms with Gasteiger partial charge in [-0.1, -0.05) is 6.92 Å². The number of likely N-dealkylation sites (tertiary alicyclic amines) is 1. The molecule has 1 unspecified atom stereocenters.